The minimum absolute atomic E-state index is 0.450. The summed E-state index contributed by atoms with van der Waals surface area (Å²) in [6, 6.07) is 5.98. The SMILES string of the molecule is C=C(N)Nc1ccc(C)c(NC)c1. The van der Waals surface area contributed by atoms with Gasteiger partial charge in [-0.25, -0.2) is 0 Å². The van der Waals surface area contributed by atoms with E-state index in [4.69, 9.17) is 5.73 Å². The molecular formula is C10H15N3. The van der Waals surface area contributed by atoms with E-state index in [1.165, 1.54) is 5.56 Å². The lowest BCUT2D eigenvalue weighted by atomic mass is 10.2. The van der Waals surface area contributed by atoms with Crippen LogP contribution in [0, 0.1) is 6.92 Å². The molecule has 4 N–H and O–H groups in total. The molecule has 70 valence electrons. The molecule has 0 aromatic heterocycles. The molecule has 0 fully saturated rings. The van der Waals surface area contributed by atoms with Gasteiger partial charge in [0.05, 0.1) is 5.82 Å². The number of anilines is 2. The number of hydrogen-bond acceptors (Lipinski definition) is 3. The Hall–Kier alpha value is -1.64. The molecule has 1 aromatic rings. The van der Waals surface area contributed by atoms with Crippen molar-refractivity contribution in [2.75, 3.05) is 17.7 Å². The van der Waals surface area contributed by atoms with E-state index in [0.717, 1.165) is 11.4 Å². The summed E-state index contributed by atoms with van der Waals surface area (Å²) in [5.41, 5.74) is 8.67. The lowest BCUT2D eigenvalue weighted by Gasteiger charge is -2.09. The van der Waals surface area contributed by atoms with Crippen molar-refractivity contribution < 1.29 is 0 Å². The highest BCUT2D eigenvalue weighted by molar-refractivity contribution is 5.62. The van der Waals surface area contributed by atoms with Gasteiger partial charge in [-0.2, -0.15) is 0 Å². The number of hydrogen-bond donors (Lipinski definition) is 3. The fourth-order valence-corrected chi connectivity index (χ4v) is 1.15. The molecule has 0 radical (unpaired) electrons. The van der Waals surface area contributed by atoms with Gasteiger partial charge in [-0.05, 0) is 24.6 Å². The molecule has 13 heavy (non-hydrogen) atoms. The molecule has 0 aliphatic heterocycles. The summed E-state index contributed by atoms with van der Waals surface area (Å²) < 4.78 is 0. The van der Waals surface area contributed by atoms with E-state index < -0.39 is 0 Å². The van der Waals surface area contributed by atoms with Crippen LogP contribution >= 0.6 is 0 Å². The third-order valence-electron chi connectivity index (χ3n) is 1.81. The molecule has 0 saturated carbocycles. The predicted octanol–water partition coefficient (Wildman–Crippen LogP) is 1.88. The number of nitrogens with one attached hydrogen (secondary N) is 2. The van der Waals surface area contributed by atoms with Crippen LogP contribution in [-0.4, -0.2) is 7.05 Å². The topological polar surface area (TPSA) is 50.1 Å². The summed E-state index contributed by atoms with van der Waals surface area (Å²) in [4.78, 5) is 0. The normalized spacial score (nSPS) is 9.38. The van der Waals surface area contributed by atoms with Crippen LogP contribution in [0.1, 0.15) is 5.56 Å². The van der Waals surface area contributed by atoms with E-state index in [1.807, 2.05) is 32.2 Å². The molecule has 1 aromatic carbocycles. The summed E-state index contributed by atoms with van der Waals surface area (Å²) in [5.74, 6) is 0.450. The Morgan fingerprint density at radius 3 is 2.69 bits per heavy atom. The van der Waals surface area contributed by atoms with Crippen LogP contribution in [0.2, 0.25) is 0 Å². The quantitative estimate of drug-likeness (QED) is 0.660. The Balaban J connectivity index is 2.92. The number of benzene rings is 1. The van der Waals surface area contributed by atoms with Crippen molar-refractivity contribution in [1.29, 1.82) is 0 Å². The van der Waals surface area contributed by atoms with Crippen LogP contribution in [0.25, 0.3) is 0 Å². The summed E-state index contributed by atoms with van der Waals surface area (Å²) in [6.45, 7) is 5.62. The Labute approximate surface area is 78.6 Å². The molecule has 0 aliphatic carbocycles. The van der Waals surface area contributed by atoms with E-state index in [9.17, 15) is 0 Å². The second-order valence-electron chi connectivity index (χ2n) is 2.93. The standard InChI is InChI=1S/C10H15N3/c1-7-4-5-9(13-8(2)11)6-10(7)12-3/h4-6,12-13H,2,11H2,1,3H3. The van der Waals surface area contributed by atoms with E-state index in [0.29, 0.717) is 5.82 Å². The Morgan fingerprint density at radius 2 is 2.15 bits per heavy atom. The molecule has 0 heterocycles. The summed E-state index contributed by atoms with van der Waals surface area (Å²) >= 11 is 0. The molecule has 0 aliphatic rings. The van der Waals surface area contributed by atoms with Gasteiger partial charge in [-0.15, -0.1) is 0 Å². The molecule has 0 atom stereocenters. The predicted molar refractivity (Wildman–Crippen MR) is 57.7 cm³/mol. The van der Waals surface area contributed by atoms with Gasteiger partial charge in [0.25, 0.3) is 0 Å². The molecule has 0 saturated heterocycles. The Morgan fingerprint density at radius 1 is 1.46 bits per heavy atom. The first-order valence-corrected chi connectivity index (χ1v) is 4.13. The van der Waals surface area contributed by atoms with Crippen molar-refractivity contribution in [1.82, 2.24) is 0 Å². The van der Waals surface area contributed by atoms with Gasteiger partial charge in [0, 0.05) is 18.4 Å². The fourth-order valence-electron chi connectivity index (χ4n) is 1.15. The van der Waals surface area contributed by atoms with Crippen LogP contribution in [-0.2, 0) is 0 Å². The van der Waals surface area contributed by atoms with E-state index in [-0.39, 0.29) is 0 Å². The monoisotopic (exact) mass is 177 g/mol. The van der Waals surface area contributed by atoms with Gasteiger partial charge in [0.2, 0.25) is 0 Å². The zero-order valence-electron chi connectivity index (χ0n) is 8.02. The van der Waals surface area contributed by atoms with Crippen LogP contribution in [0.15, 0.2) is 30.6 Å². The molecule has 0 spiro atoms. The third kappa shape index (κ3) is 2.40. The maximum absolute atomic E-state index is 5.43. The average molecular weight is 177 g/mol. The van der Waals surface area contributed by atoms with Crippen molar-refractivity contribution >= 4 is 11.4 Å². The summed E-state index contributed by atoms with van der Waals surface area (Å²) in [7, 11) is 1.89. The van der Waals surface area contributed by atoms with Crippen LogP contribution < -0.4 is 16.4 Å². The number of aryl methyl sites for hydroxylation is 1. The van der Waals surface area contributed by atoms with Gasteiger partial charge in [0.15, 0.2) is 0 Å². The molecule has 3 nitrogen and oxygen atoms in total. The second-order valence-corrected chi connectivity index (χ2v) is 2.93. The molecule has 0 amide bonds. The first-order valence-electron chi connectivity index (χ1n) is 4.13. The van der Waals surface area contributed by atoms with Gasteiger partial charge < -0.3 is 16.4 Å². The van der Waals surface area contributed by atoms with E-state index in [2.05, 4.69) is 17.2 Å². The Kier molecular flexibility index (Phi) is 2.80. The first kappa shape index (κ1) is 9.45. The summed E-state index contributed by atoms with van der Waals surface area (Å²) in [5, 5.41) is 6.05. The molecule has 0 bridgehead atoms. The first-order chi connectivity index (χ1) is 6.13. The van der Waals surface area contributed by atoms with Crippen molar-refractivity contribution in [2.45, 2.75) is 6.92 Å². The zero-order valence-corrected chi connectivity index (χ0v) is 8.02. The average Bonchev–Trinajstić information content (AvgIpc) is 2.07. The maximum Gasteiger partial charge on any atom is 0.0930 e. The zero-order chi connectivity index (χ0) is 9.84. The van der Waals surface area contributed by atoms with Gasteiger partial charge in [-0.3, -0.25) is 0 Å². The van der Waals surface area contributed by atoms with E-state index >= 15 is 0 Å². The summed E-state index contributed by atoms with van der Waals surface area (Å²) in [6.07, 6.45) is 0. The lowest BCUT2D eigenvalue weighted by molar-refractivity contribution is 1.32. The van der Waals surface area contributed by atoms with Crippen LogP contribution in [0.3, 0.4) is 0 Å². The van der Waals surface area contributed by atoms with Crippen molar-refractivity contribution in [3.05, 3.63) is 36.2 Å². The minimum atomic E-state index is 0.450. The highest BCUT2D eigenvalue weighted by atomic mass is 15.0. The minimum Gasteiger partial charge on any atom is -0.388 e. The maximum atomic E-state index is 5.43. The largest absolute Gasteiger partial charge is 0.388 e. The van der Waals surface area contributed by atoms with Crippen LogP contribution in [0.5, 0.6) is 0 Å². The number of nitrogens with two attached hydrogens (primary N) is 1. The van der Waals surface area contributed by atoms with Gasteiger partial charge in [0.1, 0.15) is 0 Å². The molecule has 3 heteroatoms. The third-order valence-corrected chi connectivity index (χ3v) is 1.81. The molecular weight excluding hydrogens is 162 g/mol. The highest BCUT2D eigenvalue weighted by Crippen LogP contribution is 2.19. The van der Waals surface area contributed by atoms with Crippen molar-refractivity contribution in [3.63, 3.8) is 0 Å². The molecule has 0 unspecified atom stereocenters. The van der Waals surface area contributed by atoms with Gasteiger partial charge in [-0.1, -0.05) is 12.6 Å². The number of rotatable bonds is 3. The van der Waals surface area contributed by atoms with E-state index in [1.54, 1.807) is 0 Å². The highest BCUT2D eigenvalue weighted by Gasteiger charge is 1.97. The van der Waals surface area contributed by atoms with Crippen molar-refractivity contribution in [2.24, 2.45) is 5.73 Å². The Bertz CT molecular complexity index is 318. The van der Waals surface area contributed by atoms with Crippen molar-refractivity contribution in [3.8, 4) is 0 Å². The fraction of sp³-hybridized carbons (Fsp3) is 0.200. The smallest absolute Gasteiger partial charge is 0.0930 e. The lowest BCUT2D eigenvalue weighted by Crippen LogP contribution is -2.07. The van der Waals surface area contributed by atoms with Crippen LogP contribution in [0.4, 0.5) is 11.4 Å². The molecule has 1 rings (SSSR count). The van der Waals surface area contributed by atoms with Gasteiger partial charge >= 0.3 is 0 Å². The second kappa shape index (κ2) is 3.85.